The number of pyridine rings is 2. The molecule has 0 aliphatic heterocycles. The van der Waals surface area contributed by atoms with E-state index in [0.717, 1.165) is 37.1 Å². The number of carbonyl (C=O) groups is 2. The van der Waals surface area contributed by atoms with Gasteiger partial charge in [-0.2, -0.15) is 0 Å². The molecule has 2 aromatic heterocycles. The number of amides is 2. The Hall–Kier alpha value is -2.76. The zero-order valence-electron chi connectivity index (χ0n) is 16.9. The summed E-state index contributed by atoms with van der Waals surface area (Å²) in [6.45, 7) is 1.14. The lowest BCUT2D eigenvalue weighted by Gasteiger charge is -2.27. The van der Waals surface area contributed by atoms with E-state index in [1.54, 1.807) is 12.4 Å². The van der Waals surface area contributed by atoms with E-state index in [1.165, 1.54) is 0 Å². The van der Waals surface area contributed by atoms with E-state index < -0.39 is 0 Å². The van der Waals surface area contributed by atoms with E-state index in [9.17, 15) is 9.59 Å². The van der Waals surface area contributed by atoms with Crippen molar-refractivity contribution in [2.24, 2.45) is 5.41 Å². The van der Waals surface area contributed by atoms with Gasteiger partial charge in [-0.3, -0.25) is 19.6 Å². The van der Waals surface area contributed by atoms with Crippen LogP contribution in [0.1, 0.15) is 49.9 Å². The van der Waals surface area contributed by atoms with Gasteiger partial charge in [0.2, 0.25) is 11.8 Å². The predicted octanol–water partition coefficient (Wildman–Crippen LogP) is 2.83. The van der Waals surface area contributed by atoms with Crippen molar-refractivity contribution in [3.63, 3.8) is 0 Å². The third-order valence-electron chi connectivity index (χ3n) is 5.59. The van der Waals surface area contributed by atoms with Crippen LogP contribution < -0.4 is 10.6 Å². The molecule has 2 aromatic rings. The van der Waals surface area contributed by atoms with Gasteiger partial charge in [-0.05, 0) is 42.5 Å². The van der Waals surface area contributed by atoms with Gasteiger partial charge >= 0.3 is 0 Å². The van der Waals surface area contributed by atoms with Crippen LogP contribution in [0.15, 0.2) is 48.8 Å². The molecule has 1 aliphatic rings. The summed E-state index contributed by atoms with van der Waals surface area (Å²) in [6.07, 6.45) is 9.84. The Labute approximate surface area is 172 Å². The molecule has 154 valence electrons. The number of carbonyl (C=O) groups excluding carboxylic acids is 2. The van der Waals surface area contributed by atoms with Gasteiger partial charge in [-0.15, -0.1) is 0 Å². The Morgan fingerprint density at radius 3 is 1.69 bits per heavy atom. The normalized spacial score (nSPS) is 15.0. The van der Waals surface area contributed by atoms with E-state index in [2.05, 4.69) is 20.6 Å². The van der Waals surface area contributed by atoms with Crippen LogP contribution in [0, 0.1) is 5.41 Å². The highest BCUT2D eigenvalue weighted by Gasteiger charge is 2.37. The average Bonchev–Trinajstić information content (AvgIpc) is 3.17. The summed E-state index contributed by atoms with van der Waals surface area (Å²) in [7, 11) is 0. The SMILES string of the molecule is O=C(CC1(CC(=O)NCCc2ccccn2)CCCC1)NCCc1ccccn1. The Kier molecular flexibility index (Phi) is 7.73. The van der Waals surface area contributed by atoms with Gasteiger partial charge in [0.15, 0.2) is 0 Å². The lowest BCUT2D eigenvalue weighted by atomic mass is 9.79. The zero-order chi connectivity index (χ0) is 20.4. The average molecular weight is 395 g/mol. The predicted molar refractivity (Wildman–Crippen MR) is 112 cm³/mol. The van der Waals surface area contributed by atoms with Crippen molar-refractivity contribution in [1.29, 1.82) is 0 Å². The zero-order valence-corrected chi connectivity index (χ0v) is 16.9. The number of rotatable bonds is 10. The second-order valence-electron chi connectivity index (χ2n) is 7.90. The Bertz CT molecular complexity index is 712. The molecule has 1 aliphatic carbocycles. The van der Waals surface area contributed by atoms with E-state index >= 15 is 0 Å². The van der Waals surface area contributed by atoms with Crippen LogP contribution in [0.4, 0.5) is 0 Å². The van der Waals surface area contributed by atoms with Crippen molar-refractivity contribution in [2.45, 2.75) is 51.4 Å². The largest absolute Gasteiger partial charge is 0.356 e. The molecule has 3 rings (SSSR count). The van der Waals surface area contributed by atoms with Crippen LogP contribution in [-0.2, 0) is 22.4 Å². The molecule has 2 amide bonds. The van der Waals surface area contributed by atoms with Crippen molar-refractivity contribution in [3.05, 3.63) is 60.2 Å². The second kappa shape index (κ2) is 10.7. The molecule has 6 nitrogen and oxygen atoms in total. The molecule has 2 N–H and O–H groups in total. The highest BCUT2D eigenvalue weighted by atomic mass is 16.2. The molecule has 29 heavy (non-hydrogen) atoms. The summed E-state index contributed by atoms with van der Waals surface area (Å²) in [5.74, 6) is 0.0632. The van der Waals surface area contributed by atoms with Crippen molar-refractivity contribution in [3.8, 4) is 0 Å². The van der Waals surface area contributed by atoms with Gasteiger partial charge in [0, 0.05) is 62.6 Å². The van der Waals surface area contributed by atoms with E-state index in [0.29, 0.717) is 38.8 Å². The molecule has 0 bridgehead atoms. The Balaban J connectivity index is 1.42. The smallest absolute Gasteiger partial charge is 0.220 e. The topological polar surface area (TPSA) is 84.0 Å². The van der Waals surface area contributed by atoms with Crippen molar-refractivity contribution in [1.82, 2.24) is 20.6 Å². The highest BCUT2D eigenvalue weighted by molar-refractivity contribution is 5.80. The van der Waals surface area contributed by atoms with Crippen LogP contribution >= 0.6 is 0 Å². The van der Waals surface area contributed by atoms with E-state index in [4.69, 9.17) is 0 Å². The fraction of sp³-hybridized carbons (Fsp3) is 0.478. The number of nitrogens with one attached hydrogen (secondary N) is 2. The highest BCUT2D eigenvalue weighted by Crippen LogP contribution is 2.44. The maximum absolute atomic E-state index is 12.5. The number of hydrogen-bond acceptors (Lipinski definition) is 4. The molecule has 6 heteroatoms. The molecule has 0 atom stereocenters. The van der Waals surface area contributed by atoms with Gasteiger partial charge in [-0.25, -0.2) is 0 Å². The second-order valence-corrected chi connectivity index (χ2v) is 7.90. The monoisotopic (exact) mass is 394 g/mol. The maximum atomic E-state index is 12.5. The summed E-state index contributed by atoms with van der Waals surface area (Å²) in [5, 5.41) is 6.00. The summed E-state index contributed by atoms with van der Waals surface area (Å²) in [4.78, 5) is 33.6. The van der Waals surface area contributed by atoms with Crippen molar-refractivity contribution in [2.75, 3.05) is 13.1 Å². The van der Waals surface area contributed by atoms with Crippen molar-refractivity contribution >= 4 is 11.8 Å². The minimum absolute atomic E-state index is 0.0316. The first-order valence-corrected chi connectivity index (χ1v) is 10.5. The summed E-state index contributed by atoms with van der Waals surface area (Å²) < 4.78 is 0. The minimum atomic E-state index is -0.204. The quantitative estimate of drug-likeness (QED) is 0.649. The van der Waals surface area contributed by atoms with Gasteiger partial charge < -0.3 is 10.6 Å². The van der Waals surface area contributed by atoms with Crippen molar-refractivity contribution < 1.29 is 9.59 Å². The number of hydrogen-bond donors (Lipinski definition) is 2. The lowest BCUT2D eigenvalue weighted by molar-refractivity contribution is -0.126. The summed E-state index contributed by atoms with van der Waals surface area (Å²) in [5.41, 5.74) is 1.73. The third kappa shape index (κ3) is 6.97. The van der Waals surface area contributed by atoms with Gasteiger partial charge in [0.1, 0.15) is 0 Å². The molecule has 0 spiro atoms. The first-order valence-electron chi connectivity index (χ1n) is 10.5. The first-order chi connectivity index (χ1) is 14.2. The standard InChI is InChI=1S/C23H30N4O2/c28-21(26-15-9-19-7-1-5-13-24-19)17-23(11-3-4-12-23)18-22(29)27-16-10-20-8-2-6-14-25-20/h1-2,5-8,13-14H,3-4,9-12,15-18H2,(H,26,28)(H,27,29). The summed E-state index contributed by atoms with van der Waals surface area (Å²) in [6, 6.07) is 11.6. The number of aromatic nitrogens is 2. The fourth-order valence-corrected chi connectivity index (χ4v) is 4.10. The van der Waals surface area contributed by atoms with Gasteiger partial charge in [0.05, 0.1) is 0 Å². The molecule has 0 aromatic carbocycles. The first kappa shape index (κ1) is 21.0. The molecule has 0 radical (unpaired) electrons. The van der Waals surface area contributed by atoms with Crippen LogP contribution in [-0.4, -0.2) is 34.9 Å². The Morgan fingerprint density at radius 2 is 1.28 bits per heavy atom. The molecule has 2 heterocycles. The molecular weight excluding hydrogens is 364 g/mol. The van der Waals surface area contributed by atoms with Crippen LogP contribution in [0.5, 0.6) is 0 Å². The van der Waals surface area contributed by atoms with Gasteiger partial charge in [0.25, 0.3) is 0 Å². The van der Waals surface area contributed by atoms with Crippen LogP contribution in [0.2, 0.25) is 0 Å². The maximum Gasteiger partial charge on any atom is 0.220 e. The molecule has 0 unspecified atom stereocenters. The van der Waals surface area contributed by atoms with Crippen LogP contribution in [0.25, 0.3) is 0 Å². The molecule has 1 fully saturated rings. The van der Waals surface area contributed by atoms with E-state index in [1.807, 2.05) is 36.4 Å². The molecular formula is C23H30N4O2. The van der Waals surface area contributed by atoms with E-state index in [-0.39, 0.29) is 17.2 Å². The fourth-order valence-electron chi connectivity index (χ4n) is 4.10. The van der Waals surface area contributed by atoms with Crippen LogP contribution in [0.3, 0.4) is 0 Å². The third-order valence-corrected chi connectivity index (χ3v) is 5.59. The van der Waals surface area contributed by atoms with Gasteiger partial charge in [-0.1, -0.05) is 25.0 Å². The Morgan fingerprint density at radius 1 is 0.793 bits per heavy atom. The number of nitrogens with zero attached hydrogens (tertiary/aromatic N) is 2. The minimum Gasteiger partial charge on any atom is -0.356 e. The summed E-state index contributed by atoms with van der Waals surface area (Å²) >= 11 is 0. The lowest BCUT2D eigenvalue weighted by Crippen LogP contribution is -2.36. The molecule has 1 saturated carbocycles. The molecule has 0 saturated heterocycles.